The van der Waals surface area contributed by atoms with Gasteiger partial charge in [-0.1, -0.05) is 10.0 Å². The zero-order chi connectivity index (χ0) is 10.2. The molecule has 0 bridgehead atoms. The summed E-state index contributed by atoms with van der Waals surface area (Å²) in [5.41, 5.74) is 0.768. The van der Waals surface area contributed by atoms with Crippen molar-refractivity contribution < 1.29 is 28.3 Å². The Balaban J connectivity index is 0.00000112. The SMILES string of the molecule is CC1(c2[c-]c(Cl)c(Cl)cc2)OCCO1.[Li+]. The van der Waals surface area contributed by atoms with Crippen LogP contribution in [0, 0.1) is 6.07 Å². The van der Waals surface area contributed by atoms with Crippen LogP contribution in [-0.2, 0) is 15.3 Å². The average Bonchev–Trinajstić information content (AvgIpc) is 2.58. The van der Waals surface area contributed by atoms with Crippen molar-refractivity contribution in [3.63, 3.8) is 0 Å². The number of hydrogen-bond acceptors (Lipinski definition) is 2. The van der Waals surface area contributed by atoms with Gasteiger partial charge in [-0.2, -0.15) is 29.8 Å². The quantitative estimate of drug-likeness (QED) is 0.508. The molecule has 0 aromatic heterocycles. The molecule has 1 aromatic rings. The van der Waals surface area contributed by atoms with Crippen molar-refractivity contribution in [2.75, 3.05) is 13.2 Å². The largest absolute Gasteiger partial charge is 1.00 e. The molecule has 5 heteroatoms. The summed E-state index contributed by atoms with van der Waals surface area (Å²) in [6.07, 6.45) is 0. The summed E-state index contributed by atoms with van der Waals surface area (Å²) < 4.78 is 10.9. The maximum atomic E-state index is 5.86. The monoisotopic (exact) mass is 238 g/mol. The van der Waals surface area contributed by atoms with E-state index in [1.54, 1.807) is 12.1 Å². The molecule has 15 heavy (non-hydrogen) atoms. The van der Waals surface area contributed by atoms with E-state index in [0.29, 0.717) is 23.3 Å². The summed E-state index contributed by atoms with van der Waals surface area (Å²) in [5.74, 6) is -0.728. The molecule has 1 aliphatic heterocycles. The molecule has 1 fully saturated rings. The maximum absolute atomic E-state index is 5.86. The second kappa shape index (κ2) is 5.10. The minimum absolute atomic E-state index is 0. The summed E-state index contributed by atoms with van der Waals surface area (Å²) in [6, 6.07) is 6.46. The molecule has 1 saturated heterocycles. The van der Waals surface area contributed by atoms with Crippen molar-refractivity contribution in [2.24, 2.45) is 0 Å². The van der Waals surface area contributed by atoms with Crippen LogP contribution in [0.5, 0.6) is 0 Å². The predicted molar refractivity (Wildman–Crippen MR) is 54.6 cm³/mol. The summed E-state index contributed by atoms with van der Waals surface area (Å²) >= 11 is 11.6. The molecule has 0 N–H and O–H groups in total. The Morgan fingerprint density at radius 1 is 1.27 bits per heavy atom. The molecular weight excluding hydrogens is 230 g/mol. The molecule has 1 heterocycles. The van der Waals surface area contributed by atoms with Crippen LogP contribution < -0.4 is 18.9 Å². The third-order valence-electron chi connectivity index (χ3n) is 2.18. The summed E-state index contributed by atoms with van der Waals surface area (Å²) in [5, 5.41) is 0.876. The van der Waals surface area contributed by atoms with Crippen LogP contribution in [0.15, 0.2) is 12.1 Å². The first kappa shape index (κ1) is 13.4. The second-order valence-corrected chi connectivity index (χ2v) is 3.96. The smallest absolute Gasteiger partial charge is 0.346 e. The van der Waals surface area contributed by atoms with E-state index in [4.69, 9.17) is 32.7 Å². The van der Waals surface area contributed by atoms with Gasteiger partial charge in [0.2, 0.25) is 0 Å². The fraction of sp³-hybridized carbons (Fsp3) is 0.400. The summed E-state index contributed by atoms with van der Waals surface area (Å²) in [6.45, 7) is 3.02. The normalized spacial score (nSPS) is 18.6. The molecule has 0 saturated carbocycles. The maximum Gasteiger partial charge on any atom is 1.00 e. The fourth-order valence-corrected chi connectivity index (χ4v) is 1.66. The zero-order valence-corrected chi connectivity index (χ0v) is 10.2. The molecule has 2 rings (SSSR count). The van der Waals surface area contributed by atoms with E-state index in [0.717, 1.165) is 5.56 Å². The van der Waals surface area contributed by atoms with Crippen LogP contribution in [0.25, 0.3) is 0 Å². The van der Waals surface area contributed by atoms with E-state index in [2.05, 4.69) is 6.07 Å². The van der Waals surface area contributed by atoms with Gasteiger partial charge in [-0.05, 0) is 6.92 Å². The van der Waals surface area contributed by atoms with Crippen LogP contribution in [0.2, 0.25) is 10.0 Å². The standard InChI is InChI=1S/C10H9Cl2O2.Li/c1-10(13-4-5-14-10)7-2-3-8(11)9(12)6-7;/h2-3H,4-5H2,1H3;/q-1;+1. The van der Waals surface area contributed by atoms with E-state index in [1.165, 1.54) is 0 Å². The molecule has 0 spiro atoms. The van der Waals surface area contributed by atoms with Gasteiger partial charge in [0.05, 0.1) is 13.2 Å². The Morgan fingerprint density at radius 3 is 2.40 bits per heavy atom. The number of benzene rings is 1. The van der Waals surface area contributed by atoms with Crippen molar-refractivity contribution in [3.05, 3.63) is 33.8 Å². The number of rotatable bonds is 1. The third-order valence-corrected chi connectivity index (χ3v) is 2.89. The molecule has 2 nitrogen and oxygen atoms in total. The summed E-state index contributed by atoms with van der Waals surface area (Å²) in [4.78, 5) is 0. The Bertz CT molecular complexity index is 351. The number of halogens is 2. The number of hydrogen-bond donors (Lipinski definition) is 0. The fourth-order valence-electron chi connectivity index (χ4n) is 1.38. The Labute approximate surface area is 111 Å². The van der Waals surface area contributed by atoms with E-state index >= 15 is 0 Å². The van der Waals surface area contributed by atoms with Crippen LogP contribution in [0.4, 0.5) is 0 Å². The Kier molecular flexibility index (Phi) is 4.55. The Morgan fingerprint density at radius 2 is 1.87 bits per heavy atom. The zero-order valence-electron chi connectivity index (χ0n) is 8.64. The van der Waals surface area contributed by atoms with Crippen molar-refractivity contribution in [1.82, 2.24) is 0 Å². The summed E-state index contributed by atoms with van der Waals surface area (Å²) in [7, 11) is 0. The van der Waals surface area contributed by atoms with Gasteiger partial charge in [0, 0.05) is 0 Å². The second-order valence-electron chi connectivity index (χ2n) is 3.18. The van der Waals surface area contributed by atoms with Crippen LogP contribution in [0.1, 0.15) is 12.5 Å². The molecule has 1 aliphatic rings. The number of ether oxygens (including phenoxy) is 2. The van der Waals surface area contributed by atoms with Gasteiger partial charge >= 0.3 is 18.9 Å². The van der Waals surface area contributed by atoms with Crippen molar-refractivity contribution in [2.45, 2.75) is 12.7 Å². The molecule has 1 aromatic carbocycles. The molecule has 0 amide bonds. The molecular formula is C10H9Cl2LiO2. The van der Waals surface area contributed by atoms with Gasteiger partial charge in [0.15, 0.2) is 5.79 Å². The molecule has 0 aliphatic carbocycles. The first-order valence-electron chi connectivity index (χ1n) is 4.27. The third kappa shape index (κ3) is 2.71. The minimum atomic E-state index is -0.728. The molecule has 0 unspecified atom stereocenters. The van der Waals surface area contributed by atoms with Gasteiger partial charge in [-0.15, -0.1) is 17.2 Å². The molecule has 0 atom stereocenters. The van der Waals surface area contributed by atoms with Gasteiger partial charge in [0.1, 0.15) is 0 Å². The predicted octanol–water partition coefficient (Wildman–Crippen LogP) is 0.0171. The molecule has 76 valence electrons. The minimum Gasteiger partial charge on any atom is -0.346 e. The van der Waals surface area contributed by atoms with Crippen molar-refractivity contribution in [1.29, 1.82) is 0 Å². The van der Waals surface area contributed by atoms with Gasteiger partial charge in [0.25, 0.3) is 0 Å². The van der Waals surface area contributed by atoms with Gasteiger partial charge in [-0.3, -0.25) is 0 Å². The van der Waals surface area contributed by atoms with Crippen LogP contribution in [-0.4, -0.2) is 13.2 Å². The van der Waals surface area contributed by atoms with E-state index < -0.39 is 5.79 Å². The average molecular weight is 239 g/mol. The first-order valence-corrected chi connectivity index (χ1v) is 5.03. The van der Waals surface area contributed by atoms with Crippen molar-refractivity contribution in [3.8, 4) is 0 Å². The van der Waals surface area contributed by atoms with Gasteiger partial charge in [-0.25, -0.2) is 0 Å². The van der Waals surface area contributed by atoms with E-state index in [9.17, 15) is 0 Å². The Hall–Kier alpha value is 0.317. The topological polar surface area (TPSA) is 18.5 Å². The van der Waals surface area contributed by atoms with E-state index in [-0.39, 0.29) is 18.9 Å². The van der Waals surface area contributed by atoms with Gasteiger partial charge < -0.3 is 9.47 Å². The van der Waals surface area contributed by atoms with E-state index in [1.807, 2.05) is 6.92 Å². The van der Waals surface area contributed by atoms with Crippen molar-refractivity contribution >= 4 is 23.2 Å². The first-order chi connectivity index (χ1) is 6.62. The van der Waals surface area contributed by atoms with Crippen LogP contribution >= 0.6 is 23.2 Å². The molecule has 0 radical (unpaired) electrons. The van der Waals surface area contributed by atoms with Crippen LogP contribution in [0.3, 0.4) is 0 Å².